The monoisotopic (exact) mass is 253 g/mol. The summed E-state index contributed by atoms with van der Waals surface area (Å²) in [6.45, 7) is 0.622. The maximum atomic E-state index is 9.23. The average molecular weight is 253 g/mol. The lowest BCUT2D eigenvalue weighted by atomic mass is 9.95. The van der Waals surface area contributed by atoms with Crippen LogP contribution in [0.25, 0.3) is 0 Å². The van der Waals surface area contributed by atoms with E-state index in [1.165, 1.54) is 18.4 Å². The zero-order valence-corrected chi connectivity index (χ0v) is 10.6. The maximum absolute atomic E-state index is 9.23. The largest absolute Gasteiger partial charge is 0.472 e. The lowest BCUT2D eigenvalue weighted by Gasteiger charge is -2.17. The van der Waals surface area contributed by atoms with E-state index in [4.69, 9.17) is 4.42 Å². The second kappa shape index (κ2) is 5.15. The number of nitrogens with zero attached hydrogens (tertiary/aromatic N) is 2. The average Bonchev–Trinajstić information content (AvgIpc) is 2.97. The fraction of sp³-hybridized carbons (Fsp3) is 0.333. The molecule has 0 radical (unpaired) electrons. The second-order valence-corrected chi connectivity index (χ2v) is 4.79. The number of nitriles is 1. The number of hydrogen-bond donors (Lipinski definition) is 1. The van der Waals surface area contributed by atoms with Crippen molar-refractivity contribution in [2.75, 3.05) is 5.32 Å². The minimum Gasteiger partial charge on any atom is -0.472 e. The van der Waals surface area contributed by atoms with E-state index in [0.717, 1.165) is 24.1 Å². The highest BCUT2D eigenvalue weighted by atomic mass is 16.3. The maximum Gasteiger partial charge on any atom is 0.144 e. The van der Waals surface area contributed by atoms with Gasteiger partial charge in [0.05, 0.1) is 18.1 Å². The van der Waals surface area contributed by atoms with Crippen LogP contribution in [0.3, 0.4) is 0 Å². The molecule has 96 valence electrons. The van der Waals surface area contributed by atoms with Gasteiger partial charge in [0.25, 0.3) is 0 Å². The smallest absolute Gasteiger partial charge is 0.144 e. The van der Waals surface area contributed by atoms with E-state index in [2.05, 4.69) is 16.4 Å². The summed E-state index contributed by atoms with van der Waals surface area (Å²) in [6.07, 6.45) is 7.77. The van der Waals surface area contributed by atoms with Crippen LogP contribution in [0.15, 0.2) is 29.1 Å². The molecule has 0 fully saturated rings. The number of pyridine rings is 1. The molecule has 0 aromatic carbocycles. The Morgan fingerprint density at radius 3 is 3.05 bits per heavy atom. The minimum absolute atomic E-state index is 0.622. The summed E-state index contributed by atoms with van der Waals surface area (Å²) in [7, 11) is 0. The molecular formula is C15H15N3O. The quantitative estimate of drug-likeness (QED) is 0.913. The third kappa shape index (κ3) is 2.45. The molecule has 4 nitrogen and oxygen atoms in total. The molecule has 3 rings (SSSR count). The van der Waals surface area contributed by atoms with E-state index in [0.29, 0.717) is 17.9 Å². The fourth-order valence-corrected chi connectivity index (χ4v) is 2.43. The highest BCUT2D eigenvalue weighted by Gasteiger charge is 2.14. The molecule has 0 saturated heterocycles. The van der Waals surface area contributed by atoms with E-state index in [1.54, 1.807) is 12.5 Å². The Kier molecular flexibility index (Phi) is 3.20. The number of fused-ring (bicyclic) bond motifs is 1. The van der Waals surface area contributed by atoms with Crippen LogP contribution in [0.4, 0.5) is 5.82 Å². The Hall–Kier alpha value is -2.28. The van der Waals surface area contributed by atoms with Crippen molar-refractivity contribution in [2.24, 2.45) is 0 Å². The van der Waals surface area contributed by atoms with Crippen molar-refractivity contribution in [3.8, 4) is 6.07 Å². The first-order chi connectivity index (χ1) is 9.36. The van der Waals surface area contributed by atoms with Gasteiger partial charge in [-0.1, -0.05) is 0 Å². The lowest BCUT2D eigenvalue weighted by molar-refractivity contribution is 0.564. The predicted molar refractivity (Wildman–Crippen MR) is 71.6 cm³/mol. The van der Waals surface area contributed by atoms with Crippen molar-refractivity contribution in [2.45, 2.75) is 32.2 Å². The highest BCUT2D eigenvalue weighted by Crippen LogP contribution is 2.24. The third-order valence-corrected chi connectivity index (χ3v) is 3.46. The van der Waals surface area contributed by atoms with Gasteiger partial charge in [-0.25, -0.2) is 4.98 Å². The van der Waals surface area contributed by atoms with E-state index in [1.807, 2.05) is 12.1 Å². The van der Waals surface area contributed by atoms with Gasteiger partial charge >= 0.3 is 0 Å². The summed E-state index contributed by atoms with van der Waals surface area (Å²) in [5, 5.41) is 12.5. The Bertz CT molecular complexity index is 611. The molecule has 1 aliphatic rings. The highest BCUT2D eigenvalue weighted by molar-refractivity contribution is 5.54. The van der Waals surface area contributed by atoms with Gasteiger partial charge < -0.3 is 9.73 Å². The first kappa shape index (κ1) is 11.8. The van der Waals surface area contributed by atoms with E-state index < -0.39 is 0 Å². The number of hydrogen-bond acceptors (Lipinski definition) is 4. The van der Waals surface area contributed by atoms with E-state index in [9.17, 15) is 5.26 Å². The first-order valence-electron chi connectivity index (χ1n) is 6.54. The second-order valence-electron chi connectivity index (χ2n) is 4.79. The first-order valence-corrected chi connectivity index (χ1v) is 6.54. The SMILES string of the molecule is N#Cc1cc2c(nc1NCc1ccoc1)CCCC2. The van der Waals surface area contributed by atoms with Gasteiger partial charge in [0.1, 0.15) is 11.9 Å². The summed E-state index contributed by atoms with van der Waals surface area (Å²) in [5.74, 6) is 0.685. The third-order valence-electron chi connectivity index (χ3n) is 3.46. The molecule has 1 aliphatic carbocycles. The van der Waals surface area contributed by atoms with Crippen LogP contribution in [-0.4, -0.2) is 4.98 Å². The van der Waals surface area contributed by atoms with Crippen molar-refractivity contribution in [3.05, 3.63) is 47.0 Å². The molecule has 0 atom stereocenters. The molecule has 0 saturated carbocycles. The van der Waals surface area contributed by atoms with E-state index >= 15 is 0 Å². The number of anilines is 1. The molecule has 0 amide bonds. The molecule has 1 N–H and O–H groups in total. The van der Waals surface area contributed by atoms with Crippen LogP contribution in [0.2, 0.25) is 0 Å². The fourth-order valence-electron chi connectivity index (χ4n) is 2.43. The van der Waals surface area contributed by atoms with Gasteiger partial charge in [-0.2, -0.15) is 5.26 Å². The molecule has 2 heterocycles. The van der Waals surface area contributed by atoms with Gasteiger partial charge in [0, 0.05) is 17.8 Å². The number of nitrogens with one attached hydrogen (secondary N) is 1. The van der Waals surface area contributed by atoms with Crippen molar-refractivity contribution in [1.29, 1.82) is 5.26 Å². The molecule has 4 heteroatoms. The van der Waals surface area contributed by atoms with Crippen molar-refractivity contribution >= 4 is 5.82 Å². The molecule has 0 aliphatic heterocycles. The Morgan fingerprint density at radius 1 is 1.37 bits per heavy atom. The molecule has 0 bridgehead atoms. The topological polar surface area (TPSA) is 61.9 Å². The summed E-state index contributed by atoms with van der Waals surface area (Å²) in [6, 6.07) is 6.11. The van der Waals surface area contributed by atoms with Gasteiger partial charge in [0.2, 0.25) is 0 Å². The van der Waals surface area contributed by atoms with Crippen molar-refractivity contribution in [3.63, 3.8) is 0 Å². The molecule has 2 aromatic heterocycles. The zero-order chi connectivity index (χ0) is 13.1. The summed E-state index contributed by atoms with van der Waals surface area (Å²) >= 11 is 0. The molecule has 19 heavy (non-hydrogen) atoms. The van der Waals surface area contributed by atoms with Gasteiger partial charge in [-0.3, -0.25) is 0 Å². The summed E-state index contributed by atoms with van der Waals surface area (Å²) in [5.41, 5.74) is 4.05. The number of aryl methyl sites for hydroxylation is 2. The van der Waals surface area contributed by atoms with Crippen molar-refractivity contribution < 1.29 is 4.42 Å². The summed E-state index contributed by atoms with van der Waals surface area (Å²) in [4.78, 5) is 4.62. The lowest BCUT2D eigenvalue weighted by Crippen LogP contribution is -2.10. The molecular weight excluding hydrogens is 238 g/mol. The van der Waals surface area contributed by atoms with Crippen LogP contribution in [-0.2, 0) is 19.4 Å². The number of aromatic nitrogens is 1. The Labute approximate surface area is 112 Å². The van der Waals surface area contributed by atoms with Gasteiger partial charge in [-0.15, -0.1) is 0 Å². The minimum atomic E-state index is 0.622. The predicted octanol–water partition coefficient (Wildman–Crippen LogP) is 3.04. The molecule has 0 spiro atoms. The van der Waals surface area contributed by atoms with E-state index in [-0.39, 0.29) is 0 Å². The Morgan fingerprint density at radius 2 is 2.26 bits per heavy atom. The van der Waals surface area contributed by atoms with Crippen LogP contribution in [0, 0.1) is 11.3 Å². The zero-order valence-electron chi connectivity index (χ0n) is 10.6. The molecule has 2 aromatic rings. The summed E-state index contributed by atoms with van der Waals surface area (Å²) < 4.78 is 5.02. The van der Waals surface area contributed by atoms with Crippen molar-refractivity contribution in [1.82, 2.24) is 4.98 Å². The van der Waals surface area contributed by atoms with Crippen LogP contribution < -0.4 is 5.32 Å². The normalized spacial score (nSPS) is 13.6. The number of rotatable bonds is 3. The van der Waals surface area contributed by atoms with Crippen LogP contribution in [0.5, 0.6) is 0 Å². The number of furan rings is 1. The Balaban J connectivity index is 1.85. The van der Waals surface area contributed by atoms with Gasteiger partial charge in [0.15, 0.2) is 0 Å². The van der Waals surface area contributed by atoms with Gasteiger partial charge in [-0.05, 0) is 43.4 Å². The van der Waals surface area contributed by atoms with Crippen LogP contribution in [0.1, 0.15) is 35.2 Å². The standard InChI is InChI=1S/C15H15N3O/c16-8-13-7-12-3-1-2-4-14(12)18-15(13)17-9-11-5-6-19-10-11/h5-7,10H,1-4,9H2,(H,17,18). The molecule has 0 unspecified atom stereocenters. The van der Waals surface area contributed by atoms with Crippen LogP contribution >= 0.6 is 0 Å².